The summed E-state index contributed by atoms with van der Waals surface area (Å²) in [5, 5.41) is 20.0. The van der Waals surface area contributed by atoms with E-state index in [0.29, 0.717) is 11.5 Å². The number of carbonyl (C=O) groups is 3. The number of rotatable bonds is 8. The number of ketones is 1. The molecule has 0 unspecified atom stereocenters. The van der Waals surface area contributed by atoms with Crippen LogP contribution in [0.15, 0.2) is 39.1 Å². The van der Waals surface area contributed by atoms with Gasteiger partial charge in [0, 0.05) is 17.4 Å². The maximum atomic E-state index is 13.3. The van der Waals surface area contributed by atoms with Crippen LogP contribution in [0.1, 0.15) is 53.9 Å². The second kappa shape index (κ2) is 12.8. The van der Waals surface area contributed by atoms with Crippen molar-refractivity contribution in [1.82, 2.24) is 10.1 Å². The third-order valence-corrected chi connectivity index (χ3v) is 8.16. The van der Waals surface area contributed by atoms with Gasteiger partial charge in [-0.3, -0.25) is 4.79 Å². The minimum Gasteiger partial charge on any atom is -0.473 e. The second-order valence-electron chi connectivity index (χ2n) is 8.16. The number of carbonyl (C=O) groups excluding carboxylic acids is 1. The Hall–Kier alpha value is -2.76. The lowest BCUT2D eigenvalue weighted by Crippen LogP contribution is -2.33. The molecule has 2 N–H and O–H groups in total. The zero-order valence-electron chi connectivity index (χ0n) is 19.2. The second-order valence-corrected chi connectivity index (χ2v) is 10.6. The van der Waals surface area contributed by atoms with E-state index in [1.165, 1.54) is 29.2 Å². The van der Waals surface area contributed by atoms with Crippen LogP contribution in [0.2, 0.25) is 0 Å². The van der Waals surface area contributed by atoms with Crippen LogP contribution in [0, 0.1) is 5.82 Å². The highest BCUT2D eigenvalue weighted by atomic mass is 32.2. The van der Waals surface area contributed by atoms with Crippen molar-refractivity contribution >= 4 is 51.8 Å². The molecule has 0 bridgehead atoms. The fourth-order valence-corrected chi connectivity index (χ4v) is 5.95. The molecule has 0 radical (unpaired) electrons. The van der Waals surface area contributed by atoms with Crippen LogP contribution in [0.3, 0.4) is 0 Å². The molecule has 0 amide bonds. The first-order valence-electron chi connectivity index (χ1n) is 11.2. The standard InChI is InChI=1S/C22H25FN2O2S2.C2H2O4/c1-15(26)20-6-7-21(29-20)28-13-3-2-10-25-11-8-16(9-12-25)22-18-5-4-17(23)14-19(18)27-24-22;3-1(4)2(5)6/h4-7,14,16H,2-3,8-13H2,1H3;(H,3,4)(H,5,6). The average Bonchev–Trinajstić information content (AvgIpc) is 3.47. The maximum Gasteiger partial charge on any atom is 0.414 e. The van der Waals surface area contributed by atoms with E-state index in [2.05, 4.69) is 16.1 Å². The van der Waals surface area contributed by atoms with Gasteiger partial charge in [-0.05, 0) is 82.3 Å². The van der Waals surface area contributed by atoms with Crippen molar-refractivity contribution in [2.24, 2.45) is 0 Å². The molecule has 11 heteroatoms. The maximum absolute atomic E-state index is 13.3. The average molecular weight is 523 g/mol. The van der Waals surface area contributed by atoms with Gasteiger partial charge in [-0.15, -0.1) is 23.1 Å². The van der Waals surface area contributed by atoms with Gasteiger partial charge in [0.15, 0.2) is 11.4 Å². The number of halogens is 1. The predicted molar refractivity (Wildman–Crippen MR) is 132 cm³/mol. The van der Waals surface area contributed by atoms with Crippen molar-refractivity contribution in [3.63, 3.8) is 0 Å². The highest BCUT2D eigenvalue weighted by Crippen LogP contribution is 2.33. The van der Waals surface area contributed by atoms with E-state index in [4.69, 9.17) is 24.3 Å². The zero-order chi connectivity index (χ0) is 25.4. The van der Waals surface area contributed by atoms with Crippen molar-refractivity contribution in [3.8, 4) is 0 Å². The summed E-state index contributed by atoms with van der Waals surface area (Å²) in [5.74, 6) is -2.30. The summed E-state index contributed by atoms with van der Waals surface area (Å²) in [4.78, 5) is 32.9. The van der Waals surface area contributed by atoms with Crippen LogP contribution in [0.4, 0.5) is 4.39 Å². The molecule has 0 aliphatic carbocycles. The molecule has 0 atom stereocenters. The molecular formula is C24H27FN2O6S2. The monoisotopic (exact) mass is 522 g/mol. The number of Topliss-reactive ketones (excluding diaryl/α,β-unsaturated/α-hetero) is 1. The van der Waals surface area contributed by atoms with E-state index in [1.807, 2.05) is 17.8 Å². The number of likely N-dealkylation sites (tertiary alicyclic amines) is 1. The molecule has 1 saturated heterocycles. The fraction of sp³-hybridized carbons (Fsp3) is 0.417. The molecule has 1 aliphatic rings. The van der Waals surface area contributed by atoms with Crippen molar-refractivity contribution in [3.05, 3.63) is 46.7 Å². The Kier molecular flexibility index (Phi) is 9.82. The number of piperidine rings is 1. The van der Waals surface area contributed by atoms with Gasteiger partial charge in [-0.2, -0.15) is 0 Å². The molecular weight excluding hydrogens is 495 g/mol. The highest BCUT2D eigenvalue weighted by Gasteiger charge is 2.24. The van der Waals surface area contributed by atoms with E-state index < -0.39 is 11.9 Å². The molecule has 0 spiro atoms. The van der Waals surface area contributed by atoms with Crippen LogP contribution in [0.5, 0.6) is 0 Å². The van der Waals surface area contributed by atoms with Crippen LogP contribution in [-0.2, 0) is 9.59 Å². The molecule has 8 nitrogen and oxygen atoms in total. The predicted octanol–water partition coefficient (Wildman–Crippen LogP) is 5.14. The Bertz CT molecular complexity index is 1160. The molecule has 0 saturated carbocycles. The molecule has 2 aromatic heterocycles. The molecule has 3 aromatic rings. The fourth-order valence-electron chi connectivity index (χ4n) is 3.85. The molecule has 3 heterocycles. The first-order valence-corrected chi connectivity index (χ1v) is 13.0. The van der Waals surface area contributed by atoms with Crippen LogP contribution < -0.4 is 0 Å². The topological polar surface area (TPSA) is 121 Å². The van der Waals surface area contributed by atoms with Crippen LogP contribution >= 0.6 is 23.1 Å². The van der Waals surface area contributed by atoms with Gasteiger partial charge < -0.3 is 19.6 Å². The summed E-state index contributed by atoms with van der Waals surface area (Å²) in [5.41, 5.74) is 1.53. The minimum absolute atomic E-state index is 0.149. The van der Waals surface area contributed by atoms with E-state index in [0.717, 1.165) is 54.2 Å². The van der Waals surface area contributed by atoms with Crippen molar-refractivity contribution in [2.45, 2.75) is 42.7 Å². The summed E-state index contributed by atoms with van der Waals surface area (Å²) >= 11 is 3.44. The van der Waals surface area contributed by atoms with Gasteiger partial charge in [0.1, 0.15) is 5.82 Å². The number of nitrogens with zero attached hydrogens (tertiary/aromatic N) is 2. The number of thiophene rings is 1. The Morgan fingerprint density at radius 3 is 2.49 bits per heavy atom. The first kappa shape index (κ1) is 26.8. The Morgan fingerprint density at radius 2 is 1.86 bits per heavy atom. The smallest absolute Gasteiger partial charge is 0.414 e. The summed E-state index contributed by atoms with van der Waals surface area (Å²) in [6.45, 7) is 4.88. The van der Waals surface area contributed by atoms with Crippen molar-refractivity contribution in [1.29, 1.82) is 0 Å². The lowest BCUT2D eigenvalue weighted by Gasteiger charge is -2.31. The van der Waals surface area contributed by atoms with Gasteiger partial charge in [0.25, 0.3) is 0 Å². The molecule has 188 valence electrons. The van der Waals surface area contributed by atoms with Crippen LogP contribution in [-0.4, -0.2) is 63.4 Å². The molecule has 35 heavy (non-hydrogen) atoms. The van der Waals surface area contributed by atoms with Gasteiger partial charge in [0.2, 0.25) is 0 Å². The summed E-state index contributed by atoms with van der Waals surface area (Å²) in [7, 11) is 0. The molecule has 1 aliphatic heterocycles. The number of unbranched alkanes of at least 4 members (excludes halogenated alkanes) is 1. The Balaban J connectivity index is 0.000000509. The SMILES string of the molecule is CC(=O)c1ccc(SCCCCN2CCC(c3noc4cc(F)ccc34)CC2)s1.O=C(O)C(=O)O. The Morgan fingerprint density at radius 1 is 1.14 bits per heavy atom. The lowest BCUT2D eigenvalue weighted by atomic mass is 9.91. The molecule has 1 aromatic carbocycles. The van der Waals surface area contributed by atoms with Gasteiger partial charge >= 0.3 is 11.9 Å². The number of carboxylic acids is 2. The number of benzene rings is 1. The Labute approximate surface area is 210 Å². The van der Waals surface area contributed by atoms with Gasteiger partial charge in [-0.25, -0.2) is 14.0 Å². The summed E-state index contributed by atoms with van der Waals surface area (Å²) in [6, 6.07) is 8.66. The van der Waals surface area contributed by atoms with E-state index >= 15 is 0 Å². The largest absolute Gasteiger partial charge is 0.473 e. The zero-order valence-corrected chi connectivity index (χ0v) is 20.9. The first-order chi connectivity index (χ1) is 16.7. The summed E-state index contributed by atoms with van der Waals surface area (Å²) < 4.78 is 19.9. The molecule has 4 rings (SSSR count). The number of carboxylic acid groups (broad SMARTS) is 2. The molecule has 1 fully saturated rings. The van der Waals surface area contributed by atoms with Crippen molar-refractivity contribution in [2.75, 3.05) is 25.4 Å². The van der Waals surface area contributed by atoms with E-state index in [-0.39, 0.29) is 11.6 Å². The summed E-state index contributed by atoms with van der Waals surface area (Å²) in [6.07, 6.45) is 4.50. The minimum atomic E-state index is -1.82. The third kappa shape index (κ3) is 7.87. The van der Waals surface area contributed by atoms with Crippen molar-refractivity contribution < 1.29 is 33.5 Å². The van der Waals surface area contributed by atoms with Gasteiger partial charge in [-0.1, -0.05) is 5.16 Å². The number of aliphatic carboxylic acids is 2. The number of hydrogen-bond donors (Lipinski definition) is 2. The van der Waals surface area contributed by atoms with E-state index in [9.17, 15) is 9.18 Å². The number of aromatic nitrogens is 1. The number of hydrogen-bond acceptors (Lipinski definition) is 8. The van der Waals surface area contributed by atoms with Crippen LogP contribution in [0.25, 0.3) is 11.0 Å². The van der Waals surface area contributed by atoms with E-state index in [1.54, 1.807) is 24.3 Å². The normalized spacial score (nSPS) is 14.5. The lowest BCUT2D eigenvalue weighted by molar-refractivity contribution is -0.159. The van der Waals surface area contributed by atoms with Gasteiger partial charge in [0.05, 0.1) is 14.8 Å². The quantitative estimate of drug-likeness (QED) is 0.179. The number of fused-ring (bicyclic) bond motifs is 1. The highest BCUT2D eigenvalue weighted by molar-refractivity contribution is 8.01. The third-order valence-electron chi connectivity index (χ3n) is 5.66. The number of thioether (sulfide) groups is 1.